The van der Waals surface area contributed by atoms with Crippen molar-refractivity contribution in [1.82, 2.24) is 78.0 Å². The SMILES string of the molecule is CC.CC.CC.CC.CC.CC.CC.CC.CC.CC.CC.CC.CC.CC.CC1c2cc3c(cc2-n2ncc[n+]21)sc1ccccc13.CC1c2cc3c4ccccc4n(C)c3cc2-n2ncc[n+]21.CC1c2ccccc2-n2cnc[n+]21.CC1c2ccncc2-n2cnc[n+]21.CC1c2cnccc2-n2cnc[n+]21.CC1c2ncccc2-n2cnc[n+]21. The van der Waals surface area contributed by atoms with Gasteiger partial charge in [-0.05, 0) is 138 Å². The molecule has 0 radical (unpaired) electrons. The zero-order valence-corrected chi connectivity index (χ0v) is 80.9. The topological polar surface area (TPSA) is 174 Å². The Morgan fingerprint density at radius 2 is 0.678 bits per heavy atom. The number of thiophene rings is 1. The maximum atomic E-state index is 4.45. The first-order valence-electron chi connectivity index (χ1n) is 45.2. The lowest BCUT2D eigenvalue weighted by atomic mass is 10.0. The third-order valence-electron chi connectivity index (χ3n) is 19.1. The number of hydrogen-bond acceptors (Lipinski definition) is 10. The van der Waals surface area contributed by atoms with Crippen LogP contribution >= 0.6 is 11.3 Å². The standard InChI is InChI=1S/C17H15N4.C16H12N3S.C10H10N3.3C9H9N4.14C2H6/c1-11-13-9-14-12-5-3-4-6-15(12)19(2)16(14)10-17(13)21-18-7-8-20(11)21;1-10-12-8-13-11-4-2-3-5-15(11)20-16(13)9-14(12)19-17-6-7-18(10)19;1-8-9-4-2-3-5-10(9)13-7-11-6-12(8)13;1-7-8-4-10-3-2-9(8)13-6-11-5-12(7)13;1-7-8-2-3-10-4-9(8)13-6-11-5-12(7)13;1-7-9-8(3-2-4-11-9)13-6-10-5-12(7)13;14*1-2/h3-11H,1-2H3;2-10H,1H3;2-8H,1H3;3*2-7H,1H3;14*1-2H3/q6*+1;;;;;;;;;;;;;;. The molecule has 0 aliphatic carbocycles. The van der Waals surface area contributed by atoms with E-state index in [0.717, 1.165) is 17.1 Å². The van der Waals surface area contributed by atoms with Crippen molar-refractivity contribution in [3.05, 3.63) is 261 Å². The average Bonchev–Trinajstić information content (AvgIpc) is 1.55. The molecule has 17 heterocycles. The minimum absolute atomic E-state index is 0.290. The molecule has 0 fully saturated rings. The Morgan fingerprint density at radius 1 is 0.281 bits per heavy atom. The lowest BCUT2D eigenvalue weighted by molar-refractivity contribution is -0.774. The molecule has 5 aromatic carbocycles. The summed E-state index contributed by atoms with van der Waals surface area (Å²) in [7, 11) is 2.13. The van der Waals surface area contributed by atoms with Gasteiger partial charge in [-0.3, -0.25) is 15.0 Å². The summed E-state index contributed by atoms with van der Waals surface area (Å²) in [5, 5.41) is 14.2. The quantitative estimate of drug-likeness (QED) is 0.134. The number of nitrogens with zero attached hydrogens (tertiary/aromatic N) is 22. The van der Waals surface area contributed by atoms with Crippen LogP contribution in [0.1, 0.15) is 305 Å². The van der Waals surface area contributed by atoms with Gasteiger partial charge in [0.05, 0.1) is 23.1 Å². The molecule has 6 atom stereocenters. The van der Waals surface area contributed by atoms with E-state index < -0.39 is 0 Å². The highest BCUT2D eigenvalue weighted by Gasteiger charge is 2.37. The van der Waals surface area contributed by atoms with E-state index in [0.29, 0.717) is 36.3 Å². The van der Waals surface area contributed by atoms with Crippen molar-refractivity contribution in [3.63, 3.8) is 0 Å². The van der Waals surface area contributed by atoms with Crippen LogP contribution in [0.4, 0.5) is 0 Å². The molecule has 0 N–H and O–H groups in total. The highest BCUT2D eigenvalue weighted by Crippen LogP contribution is 2.40. The molecule has 22 nitrogen and oxygen atoms in total. The van der Waals surface area contributed by atoms with Crippen LogP contribution in [-0.4, -0.2) is 78.0 Å². The summed E-state index contributed by atoms with van der Waals surface area (Å²) in [6.45, 7) is 69.1. The molecule has 0 bridgehead atoms. The van der Waals surface area contributed by atoms with Crippen molar-refractivity contribution in [1.29, 1.82) is 0 Å². The van der Waals surface area contributed by atoms with Crippen LogP contribution in [0.2, 0.25) is 0 Å². The molecule has 121 heavy (non-hydrogen) atoms. The lowest BCUT2D eigenvalue weighted by Crippen LogP contribution is -2.40. The molecule has 22 rings (SSSR count). The predicted octanol–water partition coefficient (Wildman–Crippen LogP) is 23.1. The lowest BCUT2D eigenvalue weighted by Gasteiger charge is -2.02. The Labute approximate surface area is 729 Å². The van der Waals surface area contributed by atoms with Gasteiger partial charge in [-0.15, -0.1) is 58.2 Å². The Kier molecular flexibility index (Phi) is 46.1. The van der Waals surface area contributed by atoms with Crippen LogP contribution in [-0.2, 0) is 7.05 Å². The van der Waals surface area contributed by atoms with Gasteiger partial charge >= 0.3 is 25.3 Å². The van der Waals surface area contributed by atoms with Crippen LogP contribution < -0.4 is 28.1 Å². The molecule has 0 spiro atoms. The first-order chi connectivity index (χ1) is 59.6. The highest BCUT2D eigenvalue weighted by atomic mass is 32.1. The summed E-state index contributed by atoms with van der Waals surface area (Å²) in [6.07, 6.45) is 31.7. The normalized spacial score (nSPS) is 14.2. The average molecular weight is 1670 g/mol. The predicted molar refractivity (Wildman–Crippen MR) is 505 cm³/mol. The Bertz CT molecular complexity index is 5220. The summed E-state index contributed by atoms with van der Waals surface area (Å²) >= 11 is 1.86. The summed E-state index contributed by atoms with van der Waals surface area (Å²) in [6, 6.07) is 45.0. The van der Waals surface area contributed by atoms with E-state index in [2.05, 4.69) is 240 Å². The Morgan fingerprint density at radius 3 is 1.21 bits per heavy atom. The zero-order chi connectivity index (χ0) is 90.8. The van der Waals surface area contributed by atoms with E-state index in [1.807, 2.05) is 341 Å². The number of benzene rings is 5. The van der Waals surface area contributed by atoms with Gasteiger partial charge in [-0.25, -0.2) is 0 Å². The van der Waals surface area contributed by atoms with Crippen molar-refractivity contribution in [2.24, 2.45) is 7.05 Å². The van der Waals surface area contributed by atoms with Crippen molar-refractivity contribution in [3.8, 4) is 34.1 Å². The smallest absolute Gasteiger partial charge is 0.307 e. The minimum atomic E-state index is 0.290. The van der Waals surface area contributed by atoms with E-state index in [1.54, 1.807) is 6.20 Å². The van der Waals surface area contributed by atoms with Gasteiger partial charge in [0, 0.05) is 106 Å². The van der Waals surface area contributed by atoms with E-state index in [9.17, 15) is 0 Å². The van der Waals surface area contributed by atoms with Gasteiger partial charge in [-0.1, -0.05) is 248 Å². The molecule has 0 saturated heterocycles. The number of para-hydroxylation sites is 2. The fourth-order valence-electron chi connectivity index (χ4n) is 14.2. The molecule has 0 amide bonds. The van der Waals surface area contributed by atoms with Gasteiger partial charge in [0.1, 0.15) is 58.7 Å². The van der Waals surface area contributed by atoms with Gasteiger partial charge < -0.3 is 4.57 Å². The number of aromatic nitrogens is 22. The molecular formula is C98H148N22S+6. The molecular weight excluding hydrogens is 1520 g/mol. The van der Waals surface area contributed by atoms with Crippen molar-refractivity contribution >= 4 is 53.3 Å². The molecule has 6 aliphatic heterocycles. The van der Waals surface area contributed by atoms with Gasteiger partial charge in [0.15, 0.2) is 18.4 Å². The van der Waals surface area contributed by atoms with Crippen molar-refractivity contribution in [2.45, 2.75) is 272 Å². The first kappa shape index (κ1) is 104. The largest absolute Gasteiger partial charge is 0.344 e. The third kappa shape index (κ3) is 21.6. The second kappa shape index (κ2) is 53.8. The van der Waals surface area contributed by atoms with Crippen LogP contribution in [0.3, 0.4) is 0 Å². The van der Waals surface area contributed by atoms with Crippen LogP contribution in [0.15, 0.2) is 228 Å². The molecule has 11 aromatic heterocycles. The minimum Gasteiger partial charge on any atom is -0.344 e. The summed E-state index contributed by atoms with van der Waals surface area (Å²) in [4.78, 5) is 33.0. The number of rotatable bonds is 0. The molecule has 16 aromatic rings. The summed E-state index contributed by atoms with van der Waals surface area (Å²) < 4.78 is 25.8. The van der Waals surface area contributed by atoms with Crippen LogP contribution in [0, 0.1) is 0 Å². The second-order valence-electron chi connectivity index (χ2n) is 24.0. The summed E-state index contributed by atoms with van der Waals surface area (Å²) in [5.74, 6) is 0. The fourth-order valence-corrected chi connectivity index (χ4v) is 15.3. The van der Waals surface area contributed by atoms with Gasteiger partial charge in [0.2, 0.25) is 37.7 Å². The molecule has 6 aliphatic rings. The third-order valence-corrected chi connectivity index (χ3v) is 20.2. The monoisotopic (exact) mass is 1670 g/mol. The zero-order valence-electron chi connectivity index (χ0n) is 80.1. The first-order valence-corrected chi connectivity index (χ1v) is 46.0. The van der Waals surface area contributed by atoms with Crippen LogP contribution in [0.5, 0.6) is 0 Å². The molecule has 0 saturated carbocycles. The van der Waals surface area contributed by atoms with Gasteiger partial charge in [-0.2, -0.15) is 0 Å². The molecule has 6 unspecified atom stereocenters. The van der Waals surface area contributed by atoms with Crippen LogP contribution in [0.25, 0.3) is 76.1 Å². The Balaban J connectivity index is 0.000000357. The maximum absolute atomic E-state index is 4.45. The van der Waals surface area contributed by atoms with E-state index in [4.69, 9.17) is 0 Å². The number of fused-ring (bicyclic) bond motifs is 24. The molecule has 650 valence electrons. The van der Waals surface area contributed by atoms with E-state index >= 15 is 0 Å². The molecule has 23 heteroatoms. The Hall–Kier alpha value is -11.6. The van der Waals surface area contributed by atoms with E-state index in [1.165, 1.54) is 92.5 Å². The second-order valence-corrected chi connectivity index (χ2v) is 25.1. The van der Waals surface area contributed by atoms with Crippen molar-refractivity contribution < 1.29 is 28.1 Å². The highest BCUT2D eigenvalue weighted by molar-refractivity contribution is 7.25. The number of pyridine rings is 3. The number of aryl methyl sites for hydroxylation is 1. The van der Waals surface area contributed by atoms with Crippen molar-refractivity contribution in [2.75, 3.05) is 0 Å². The van der Waals surface area contributed by atoms with Gasteiger partial charge in [0.25, 0.3) is 0 Å². The summed E-state index contributed by atoms with van der Waals surface area (Å²) in [5.41, 5.74) is 17.3. The fraction of sp³-hybridized carbons (Fsp3) is 0.418. The van der Waals surface area contributed by atoms with E-state index in [-0.39, 0.29) is 0 Å². The number of hydrogen-bond donors (Lipinski definition) is 0. The maximum Gasteiger partial charge on any atom is 0.307 e.